The number of benzene rings is 3. The van der Waals surface area contributed by atoms with Crippen molar-refractivity contribution in [3.63, 3.8) is 0 Å². The van der Waals surface area contributed by atoms with Gasteiger partial charge >= 0.3 is 6.03 Å². The van der Waals surface area contributed by atoms with E-state index in [1.54, 1.807) is 19.1 Å². The molecule has 4 rings (SSSR count). The Hall–Kier alpha value is -3.25. The number of hydrogen-bond acceptors (Lipinski definition) is 2. The van der Waals surface area contributed by atoms with Crippen LogP contribution in [-0.4, -0.2) is 30.6 Å². The van der Waals surface area contributed by atoms with Gasteiger partial charge in [-0.05, 0) is 35.4 Å². The Morgan fingerprint density at radius 3 is 2.45 bits per heavy atom. The van der Waals surface area contributed by atoms with Crippen molar-refractivity contribution in [2.24, 2.45) is 0 Å². The average Bonchev–Trinajstić information content (AvgIpc) is 2.93. The number of hydrogen-bond donors (Lipinski definition) is 2. The van der Waals surface area contributed by atoms with Crippen LogP contribution in [0.15, 0.2) is 66.7 Å². The summed E-state index contributed by atoms with van der Waals surface area (Å²) in [5.74, 6) is -0.552. The first-order valence-electron chi connectivity index (χ1n) is 9.56. The number of rotatable bonds is 5. The van der Waals surface area contributed by atoms with Gasteiger partial charge in [-0.3, -0.25) is 4.79 Å². The molecule has 1 aliphatic heterocycles. The molecule has 2 N–H and O–H groups in total. The maximum atomic E-state index is 13.3. The Bertz CT molecular complexity index is 1080. The highest BCUT2D eigenvalue weighted by atomic mass is 19.1. The van der Waals surface area contributed by atoms with Crippen LogP contribution >= 0.6 is 0 Å². The number of nitrogens with zero attached hydrogens (tertiary/aromatic N) is 1. The molecule has 1 saturated heterocycles. The Balaban J connectivity index is 1.57. The Kier molecular flexibility index (Phi) is 4.80. The largest absolute Gasteiger partial charge is 0.329 e. The number of quaternary nitrogens is 1. The maximum Gasteiger partial charge on any atom is 0.329 e. The highest BCUT2D eigenvalue weighted by Crippen LogP contribution is 2.33. The van der Waals surface area contributed by atoms with E-state index in [1.807, 2.05) is 49.5 Å². The minimum absolute atomic E-state index is 0.225. The number of nitrogens with one attached hydrogen (secondary N) is 2. The van der Waals surface area contributed by atoms with Gasteiger partial charge < -0.3 is 10.2 Å². The summed E-state index contributed by atoms with van der Waals surface area (Å²) in [7, 11) is 1.90. The van der Waals surface area contributed by atoms with Crippen LogP contribution in [0.25, 0.3) is 10.8 Å². The third-order valence-electron chi connectivity index (χ3n) is 5.45. The normalized spacial score (nSPS) is 20.2. The van der Waals surface area contributed by atoms with E-state index in [0.717, 1.165) is 26.8 Å². The van der Waals surface area contributed by atoms with Crippen LogP contribution in [0.2, 0.25) is 0 Å². The predicted octanol–water partition coefficient (Wildman–Crippen LogP) is 2.42. The smallest absolute Gasteiger partial charge is 0.319 e. The molecule has 3 aromatic carbocycles. The van der Waals surface area contributed by atoms with Crippen molar-refractivity contribution in [2.75, 3.05) is 13.7 Å². The summed E-state index contributed by atoms with van der Waals surface area (Å²) in [4.78, 5) is 28.2. The van der Waals surface area contributed by atoms with Crippen LogP contribution in [0.1, 0.15) is 18.1 Å². The van der Waals surface area contributed by atoms with Gasteiger partial charge in [0.05, 0.1) is 7.05 Å². The molecule has 1 heterocycles. The van der Waals surface area contributed by atoms with E-state index in [2.05, 4.69) is 5.32 Å². The predicted molar refractivity (Wildman–Crippen MR) is 109 cm³/mol. The first-order chi connectivity index (χ1) is 13.9. The number of carbonyl (C=O) groups is 2. The molecule has 1 unspecified atom stereocenters. The van der Waals surface area contributed by atoms with E-state index in [4.69, 9.17) is 0 Å². The topological polar surface area (TPSA) is 53.9 Å². The minimum Gasteiger partial charge on any atom is -0.319 e. The zero-order valence-electron chi connectivity index (χ0n) is 16.4. The van der Waals surface area contributed by atoms with Crippen LogP contribution in [-0.2, 0) is 16.9 Å². The van der Waals surface area contributed by atoms with Gasteiger partial charge in [0.2, 0.25) is 0 Å². The highest BCUT2D eigenvalue weighted by molar-refractivity contribution is 6.09. The van der Waals surface area contributed by atoms with Gasteiger partial charge in [0, 0.05) is 5.56 Å². The third kappa shape index (κ3) is 3.47. The first kappa shape index (κ1) is 19.1. The molecule has 6 heteroatoms. The molecule has 0 radical (unpaired) electrons. The first-order valence-corrected chi connectivity index (χ1v) is 9.56. The number of urea groups is 1. The summed E-state index contributed by atoms with van der Waals surface area (Å²) in [6.07, 6.45) is 0. The molecule has 3 aromatic rings. The summed E-state index contributed by atoms with van der Waals surface area (Å²) in [6.45, 7) is 2.55. The van der Waals surface area contributed by atoms with E-state index in [9.17, 15) is 14.0 Å². The molecule has 29 heavy (non-hydrogen) atoms. The number of halogens is 1. The van der Waals surface area contributed by atoms with Crippen LogP contribution < -0.4 is 10.2 Å². The van der Waals surface area contributed by atoms with Gasteiger partial charge in [-0.1, -0.05) is 54.6 Å². The molecule has 0 saturated carbocycles. The number of carbonyl (C=O) groups excluding carboxylic acids is 2. The van der Waals surface area contributed by atoms with Crippen molar-refractivity contribution in [2.45, 2.75) is 19.0 Å². The van der Waals surface area contributed by atoms with Gasteiger partial charge in [-0.2, -0.15) is 0 Å². The molecule has 0 aliphatic carbocycles. The van der Waals surface area contributed by atoms with E-state index in [1.165, 1.54) is 17.0 Å². The van der Waals surface area contributed by atoms with Crippen LogP contribution in [0.5, 0.6) is 0 Å². The molecular weight excluding hydrogens is 369 g/mol. The van der Waals surface area contributed by atoms with Gasteiger partial charge in [-0.25, -0.2) is 14.1 Å². The minimum atomic E-state index is -1.12. The van der Waals surface area contributed by atoms with E-state index < -0.39 is 11.6 Å². The number of imide groups is 1. The zero-order valence-corrected chi connectivity index (χ0v) is 16.4. The Morgan fingerprint density at radius 1 is 1.00 bits per heavy atom. The quantitative estimate of drug-likeness (QED) is 0.656. The van der Waals surface area contributed by atoms with E-state index >= 15 is 0 Å². The van der Waals surface area contributed by atoms with E-state index in [-0.39, 0.29) is 18.4 Å². The molecular formula is C23H23FN3O2+. The zero-order chi connectivity index (χ0) is 20.6. The second-order valence-electron chi connectivity index (χ2n) is 7.73. The SMILES string of the molecule is C[NH+](Cc1ccc(F)cc1)CN1C(=O)N[C@](C)(c2cccc3ccccc23)C1=O. The van der Waals surface area contributed by atoms with Crippen molar-refractivity contribution in [1.29, 1.82) is 0 Å². The molecule has 0 aromatic heterocycles. The van der Waals surface area contributed by atoms with Crippen LogP contribution in [0.3, 0.4) is 0 Å². The van der Waals surface area contributed by atoms with Gasteiger partial charge in [0.25, 0.3) is 5.91 Å². The summed E-state index contributed by atoms with van der Waals surface area (Å²) < 4.78 is 13.1. The molecule has 5 nitrogen and oxygen atoms in total. The lowest BCUT2D eigenvalue weighted by atomic mass is 9.88. The fourth-order valence-electron chi connectivity index (χ4n) is 3.96. The lowest BCUT2D eigenvalue weighted by Gasteiger charge is -2.24. The lowest BCUT2D eigenvalue weighted by molar-refractivity contribution is -0.901. The van der Waals surface area contributed by atoms with Crippen molar-refractivity contribution < 1.29 is 18.9 Å². The van der Waals surface area contributed by atoms with Crippen molar-refractivity contribution in [3.05, 3.63) is 83.7 Å². The highest BCUT2D eigenvalue weighted by Gasteiger charge is 2.50. The molecule has 148 valence electrons. The Labute approximate surface area is 168 Å². The Morgan fingerprint density at radius 2 is 1.69 bits per heavy atom. The molecule has 0 spiro atoms. The molecule has 1 fully saturated rings. The summed E-state index contributed by atoms with van der Waals surface area (Å²) >= 11 is 0. The van der Waals surface area contributed by atoms with Gasteiger partial charge in [0.15, 0.2) is 6.67 Å². The fraction of sp³-hybridized carbons (Fsp3) is 0.217. The van der Waals surface area contributed by atoms with Crippen molar-refractivity contribution >= 4 is 22.7 Å². The number of amides is 3. The third-order valence-corrected chi connectivity index (χ3v) is 5.45. The number of fused-ring (bicyclic) bond motifs is 1. The lowest BCUT2D eigenvalue weighted by Crippen LogP contribution is -3.09. The van der Waals surface area contributed by atoms with Crippen molar-refractivity contribution in [3.8, 4) is 0 Å². The molecule has 1 aliphatic rings. The molecule has 3 amide bonds. The molecule has 2 atom stereocenters. The van der Waals surface area contributed by atoms with Gasteiger partial charge in [-0.15, -0.1) is 0 Å². The summed E-state index contributed by atoms with van der Waals surface area (Å²) in [5.41, 5.74) is 0.606. The second-order valence-corrected chi connectivity index (χ2v) is 7.73. The van der Waals surface area contributed by atoms with Crippen molar-refractivity contribution in [1.82, 2.24) is 10.2 Å². The second kappa shape index (κ2) is 7.29. The summed E-state index contributed by atoms with van der Waals surface area (Å²) in [5, 5.41) is 4.85. The maximum absolute atomic E-state index is 13.3. The monoisotopic (exact) mass is 392 g/mol. The average molecular weight is 392 g/mol. The van der Waals surface area contributed by atoms with Crippen LogP contribution in [0.4, 0.5) is 9.18 Å². The standard InChI is InChI=1S/C23H22FN3O2/c1-23(20-9-5-7-17-6-3-4-8-19(17)20)21(28)27(22(29)25-23)15-26(2)14-16-10-12-18(24)13-11-16/h3-13H,14-15H2,1-2H3,(H,25,29)/p+1/t23-/m1/s1. The fourth-order valence-corrected chi connectivity index (χ4v) is 3.96. The van der Waals surface area contributed by atoms with E-state index in [0.29, 0.717) is 6.54 Å². The molecule has 0 bridgehead atoms. The summed E-state index contributed by atoms with van der Waals surface area (Å²) in [6, 6.07) is 19.4. The van der Waals surface area contributed by atoms with Gasteiger partial charge in [0.1, 0.15) is 17.9 Å². The van der Waals surface area contributed by atoms with Crippen LogP contribution in [0, 0.1) is 5.82 Å².